The zero-order valence-electron chi connectivity index (χ0n) is 14.9. The highest BCUT2D eigenvalue weighted by Gasteiger charge is 2.10. The highest BCUT2D eigenvalue weighted by molar-refractivity contribution is 5.95. The summed E-state index contributed by atoms with van der Waals surface area (Å²) in [5.41, 5.74) is 3.66. The number of carbonyl (C=O) groups is 1. The Kier molecular flexibility index (Phi) is 7.24. The molecule has 2 rings (SSSR count). The number of hydrogen-bond acceptors (Lipinski definition) is 5. The van der Waals surface area contributed by atoms with E-state index < -0.39 is 0 Å². The van der Waals surface area contributed by atoms with Crippen molar-refractivity contribution < 1.29 is 19.0 Å². The lowest BCUT2D eigenvalue weighted by Gasteiger charge is -2.10. The Hall–Kier alpha value is -3.28. The van der Waals surface area contributed by atoms with E-state index in [-0.39, 0.29) is 5.91 Å². The van der Waals surface area contributed by atoms with Crippen LogP contribution in [-0.4, -0.2) is 32.4 Å². The predicted octanol–water partition coefficient (Wildman–Crippen LogP) is 3.42. The second-order valence-electron chi connectivity index (χ2n) is 5.14. The first-order valence-corrected chi connectivity index (χ1v) is 8.16. The number of nitrogens with zero attached hydrogens (tertiary/aromatic N) is 1. The molecule has 6 heteroatoms. The van der Waals surface area contributed by atoms with Crippen LogP contribution in [0.3, 0.4) is 0 Å². The topological polar surface area (TPSA) is 69.2 Å². The standard InChI is InChI=1S/C20H22N2O4/c1-4-12-26-17-9-7-6-8-16(17)14-21-22-20(23)15-10-11-18(24-3)19(13-15)25-5-2/h4,6-11,13-14H,1,5,12H2,2-3H3,(H,22,23)/b21-14+. The van der Waals surface area contributed by atoms with Crippen molar-refractivity contribution in [3.8, 4) is 17.2 Å². The van der Waals surface area contributed by atoms with E-state index in [2.05, 4.69) is 17.1 Å². The minimum atomic E-state index is -0.352. The minimum Gasteiger partial charge on any atom is -0.493 e. The van der Waals surface area contributed by atoms with Crippen molar-refractivity contribution in [3.05, 3.63) is 66.2 Å². The van der Waals surface area contributed by atoms with E-state index in [0.717, 1.165) is 5.56 Å². The molecule has 2 aromatic rings. The molecule has 2 aromatic carbocycles. The summed E-state index contributed by atoms with van der Waals surface area (Å²) in [4.78, 5) is 12.3. The Bertz CT molecular complexity index is 787. The van der Waals surface area contributed by atoms with Gasteiger partial charge in [-0.15, -0.1) is 0 Å². The molecule has 0 fully saturated rings. The quantitative estimate of drug-likeness (QED) is 0.426. The van der Waals surface area contributed by atoms with Gasteiger partial charge in [-0.3, -0.25) is 4.79 Å². The average Bonchev–Trinajstić information content (AvgIpc) is 2.67. The third-order valence-corrected chi connectivity index (χ3v) is 3.37. The summed E-state index contributed by atoms with van der Waals surface area (Å²) in [6.45, 7) is 6.35. The normalized spacial score (nSPS) is 10.4. The summed E-state index contributed by atoms with van der Waals surface area (Å²) in [7, 11) is 1.55. The number of carbonyl (C=O) groups excluding carboxylic acids is 1. The molecule has 0 saturated heterocycles. The first-order chi connectivity index (χ1) is 12.7. The molecule has 6 nitrogen and oxygen atoms in total. The number of nitrogens with one attached hydrogen (secondary N) is 1. The second-order valence-corrected chi connectivity index (χ2v) is 5.14. The number of ether oxygens (including phenoxy) is 3. The molecule has 0 saturated carbocycles. The molecule has 26 heavy (non-hydrogen) atoms. The number of methoxy groups -OCH3 is 1. The number of hydrazone groups is 1. The predicted molar refractivity (Wildman–Crippen MR) is 101 cm³/mol. The molecule has 0 radical (unpaired) electrons. The zero-order valence-corrected chi connectivity index (χ0v) is 14.9. The van der Waals surface area contributed by atoms with Gasteiger partial charge in [-0.1, -0.05) is 24.8 Å². The molecule has 136 valence electrons. The van der Waals surface area contributed by atoms with Crippen molar-refractivity contribution >= 4 is 12.1 Å². The van der Waals surface area contributed by atoms with E-state index >= 15 is 0 Å². The molecule has 0 aliphatic rings. The zero-order chi connectivity index (χ0) is 18.8. The van der Waals surface area contributed by atoms with Crippen molar-refractivity contribution in [2.24, 2.45) is 5.10 Å². The average molecular weight is 354 g/mol. The molecule has 0 aromatic heterocycles. The Labute approximate surface area is 153 Å². The van der Waals surface area contributed by atoms with Gasteiger partial charge >= 0.3 is 0 Å². The first-order valence-electron chi connectivity index (χ1n) is 8.16. The van der Waals surface area contributed by atoms with E-state index in [0.29, 0.717) is 36.0 Å². The van der Waals surface area contributed by atoms with Gasteiger partial charge in [0.15, 0.2) is 11.5 Å². The van der Waals surface area contributed by atoms with Crippen LogP contribution in [0.15, 0.2) is 60.2 Å². The summed E-state index contributed by atoms with van der Waals surface area (Å²) < 4.78 is 16.2. The highest BCUT2D eigenvalue weighted by atomic mass is 16.5. The fourth-order valence-electron chi connectivity index (χ4n) is 2.18. The molecule has 1 amide bonds. The van der Waals surface area contributed by atoms with Crippen molar-refractivity contribution in [3.63, 3.8) is 0 Å². The van der Waals surface area contributed by atoms with Crippen molar-refractivity contribution in [2.45, 2.75) is 6.92 Å². The van der Waals surface area contributed by atoms with Crippen LogP contribution < -0.4 is 19.6 Å². The summed E-state index contributed by atoms with van der Waals surface area (Å²) in [5, 5.41) is 4.00. The first kappa shape index (κ1) is 19.1. The third kappa shape index (κ3) is 5.11. The molecule has 0 atom stereocenters. The van der Waals surface area contributed by atoms with Gasteiger partial charge in [0.25, 0.3) is 5.91 Å². The molecule has 1 N–H and O–H groups in total. The number of amides is 1. The largest absolute Gasteiger partial charge is 0.493 e. The fraction of sp³-hybridized carbons (Fsp3) is 0.200. The van der Waals surface area contributed by atoms with Crippen LogP contribution in [0.2, 0.25) is 0 Å². The number of hydrogen-bond donors (Lipinski definition) is 1. The van der Waals surface area contributed by atoms with Gasteiger partial charge in [-0.2, -0.15) is 5.10 Å². The third-order valence-electron chi connectivity index (χ3n) is 3.37. The lowest BCUT2D eigenvalue weighted by atomic mass is 10.2. The van der Waals surface area contributed by atoms with E-state index in [9.17, 15) is 4.79 Å². The van der Waals surface area contributed by atoms with Crippen LogP contribution in [0.5, 0.6) is 17.2 Å². The molecule has 0 aliphatic carbocycles. The molecular weight excluding hydrogens is 332 g/mol. The smallest absolute Gasteiger partial charge is 0.271 e. The van der Waals surface area contributed by atoms with Gasteiger partial charge in [-0.05, 0) is 37.3 Å². The second kappa shape index (κ2) is 9.88. The van der Waals surface area contributed by atoms with Crippen molar-refractivity contribution in [2.75, 3.05) is 20.3 Å². The molecule has 0 unspecified atom stereocenters. The molecule has 0 bridgehead atoms. The van der Waals surface area contributed by atoms with E-state index in [4.69, 9.17) is 14.2 Å². The summed E-state index contributed by atoms with van der Waals surface area (Å²) in [6.07, 6.45) is 3.19. The van der Waals surface area contributed by atoms with E-state index in [1.54, 1.807) is 31.4 Å². The number of benzene rings is 2. The van der Waals surface area contributed by atoms with Gasteiger partial charge in [0.1, 0.15) is 12.4 Å². The number of rotatable bonds is 9. The van der Waals surface area contributed by atoms with Crippen LogP contribution >= 0.6 is 0 Å². The highest BCUT2D eigenvalue weighted by Crippen LogP contribution is 2.28. The van der Waals surface area contributed by atoms with Gasteiger partial charge in [0.2, 0.25) is 0 Å². The van der Waals surface area contributed by atoms with Gasteiger partial charge in [0, 0.05) is 11.1 Å². The van der Waals surface area contributed by atoms with Gasteiger partial charge < -0.3 is 14.2 Å². The maximum atomic E-state index is 12.3. The van der Waals surface area contributed by atoms with E-state index in [1.165, 1.54) is 6.21 Å². The summed E-state index contributed by atoms with van der Waals surface area (Å²) in [5.74, 6) is 1.39. The summed E-state index contributed by atoms with van der Waals surface area (Å²) >= 11 is 0. The Morgan fingerprint density at radius 3 is 2.69 bits per heavy atom. The van der Waals surface area contributed by atoms with Gasteiger partial charge in [-0.25, -0.2) is 5.43 Å². The molecule has 0 spiro atoms. The Balaban J connectivity index is 2.08. The molecule has 0 heterocycles. The van der Waals surface area contributed by atoms with Crippen LogP contribution in [0.4, 0.5) is 0 Å². The minimum absolute atomic E-state index is 0.352. The summed E-state index contributed by atoms with van der Waals surface area (Å²) in [6, 6.07) is 12.3. The van der Waals surface area contributed by atoms with Crippen LogP contribution in [0.1, 0.15) is 22.8 Å². The maximum Gasteiger partial charge on any atom is 0.271 e. The monoisotopic (exact) mass is 354 g/mol. The van der Waals surface area contributed by atoms with E-state index in [1.807, 2.05) is 31.2 Å². The van der Waals surface area contributed by atoms with Crippen molar-refractivity contribution in [1.29, 1.82) is 0 Å². The lowest BCUT2D eigenvalue weighted by Crippen LogP contribution is -2.17. The SMILES string of the molecule is C=CCOc1ccccc1/C=N/NC(=O)c1ccc(OC)c(OCC)c1. The van der Waals surface area contributed by atoms with Crippen molar-refractivity contribution in [1.82, 2.24) is 5.43 Å². The lowest BCUT2D eigenvalue weighted by molar-refractivity contribution is 0.0954. The van der Waals surface area contributed by atoms with Crippen LogP contribution in [0, 0.1) is 0 Å². The molecular formula is C20H22N2O4. The van der Waals surface area contributed by atoms with Gasteiger partial charge in [0.05, 0.1) is 19.9 Å². The maximum absolute atomic E-state index is 12.3. The Morgan fingerprint density at radius 1 is 1.15 bits per heavy atom. The molecule has 0 aliphatic heterocycles. The number of para-hydroxylation sites is 1. The van der Waals surface area contributed by atoms with Crippen LogP contribution in [-0.2, 0) is 0 Å². The fourth-order valence-corrected chi connectivity index (χ4v) is 2.18. The van der Waals surface area contributed by atoms with Crippen LogP contribution in [0.25, 0.3) is 0 Å². The Morgan fingerprint density at radius 2 is 1.96 bits per heavy atom.